The van der Waals surface area contributed by atoms with Crippen LogP contribution in [-0.2, 0) is 0 Å². The number of aromatic nitrogens is 1. The van der Waals surface area contributed by atoms with Crippen LogP contribution in [0.3, 0.4) is 0 Å². The van der Waals surface area contributed by atoms with Crippen LogP contribution >= 0.6 is 11.3 Å². The molecule has 5 nitrogen and oxygen atoms in total. The lowest BCUT2D eigenvalue weighted by molar-refractivity contribution is 1.33. The van der Waals surface area contributed by atoms with Gasteiger partial charge < -0.3 is 0 Å². The summed E-state index contributed by atoms with van der Waals surface area (Å²) in [7, 11) is 0. The van der Waals surface area contributed by atoms with Gasteiger partial charge in [-0.2, -0.15) is 15.6 Å². The molecule has 6 heteroatoms. The summed E-state index contributed by atoms with van der Waals surface area (Å²) < 4.78 is 0. The van der Waals surface area contributed by atoms with Crippen molar-refractivity contribution in [3.05, 3.63) is 60.0 Å². The molecule has 24 heavy (non-hydrogen) atoms. The number of nitriles is 2. The molecule has 0 saturated carbocycles. The second-order valence-electron chi connectivity index (χ2n) is 4.78. The lowest BCUT2D eigenvalue weighted by atomic mass is 10.1. The molecule has 2 aromatic carbocycles. The third-order valence-electron chi connectivity index (χ3n) is 3.21. The highest BCUT2D eigenvalue weighted by Gasteiger charge is 2.06. The molecule has 0 fully saturated rings. The van der Waals surface area contributed by atoms with Crippen LogP contribution in [0.15, 0.2) is 65.1 Å². The molecule has 0 atom stereocenters. The predicted octanol–water partition coefficient (Wildman–Crippen LogP) is 4.29. The van der Waals surface area contributed by atoms with E-state index in [0.29, 0.717) is 5.69 Å². The zero-order chi connectivity index (χ0) is 16.8. The molecule has 0 aliphatic heterocycles. The number of hydrogen-bond donors (Lipinski definition) is 1. The van der Waals surface area contributed by atoms with Gasteiger partial charge in [0.15, 0.2) is 0 Å². The van der Waals surface area contributed by atoms with Crippen molar-refractivity contribution in [2.75, 3.05) is 5.43 Å². The summed E-state index contributed by atoms with van der Waals surface area (Å²) in [5.74, 6) is 0. The van der Waals surface area contributed by atoms with Crippen LogP contribution in [0.2, 0.25) is 0 Å². The van der Waals surface area contributed by atoms with Crippen molar-refractivity contribution in [3.63, 3.8) is 0 Å². The fraction of sp³-hybridized carbons (Fsp3) is 0. The number of thiazole rings is 1. The first-order valence-electron chi connectivity index (χ1n) is 7.05. The van der Waals surface area contributed by atoms with E-state index in [9.17, 15) is 0 Å². The van der Waals surface area contributed by atoms with E-state index in [2.05, 4.69) is 15.5 Å². The molecule has 0 radical (unpaired) electrons. The fourth-order valence-electron chi connectivity index (χ4n) is 2.03. The monoisotopic (exact) mass is 329 g/mol. The largest absolute Gasteiger partial charge is 0.277 e. The highest BCUT2D eigenvalue weighted by Crippen LogP contribution is 2.29. The van der Waals surface area contributed by atoms with Crippen LogP contribution in [0.4, 0.5) is 5.69 Å². The molecule has 0 spiro atoms. The van der Waals surface area contributed by atoms with Gasteiger partial charge in [-0.1, -0.05) is 42.5 Å². The van der Waals surface area contributed by atoms with Crippen molar-refractivity contribution >= 4 is 22.7 Å². The average Bonchev–Trinajstić information content (AvgIpc) is 3.14. The van der Waals surface area contributed by atoms with E-state index in [1.165, 1.54) is 0 Å². The van der Waals surface area contributed by atoms with Crippen molar-refractivity contribution < 1.29 is 0 Å². The van der Waals surface area contributed by atoms with Crippen LogP contribution in [0.1, 0.15) is 0 Å². The van der Waals surface area contributed by atoms with E-state index >= 15 is 0 Å². The summed E-state index contributed by atoms with van der Waals surface area (Å²) in [6.45, 7) is 0. The van der Waals surface area contributed by atoms with E-state index in [-0.39, 0.29) is 5.71 Å². The third-order valence-corrected chi connectivity index (χ3v) is 4.11. The Kier molecular flexibility index (Phi) is 4.62. The Balaban J connectivity index is 1.77. The topological polar surface area (TPSA) is 84.9 Å². The first kappa shape index (κ1) is 15.4. The molecule has 1 heterocycles. The molecule has 1 N–H and O–H groups in total. The van der Waals surface area contributed by atoms with E-state index in [0.717, 1.165) is 21.8 Å². The van der Waals surface area contributed by atoms with Gasteiger partial charge in [0, 0.05) is 16.5 Å². The lowest BCUT2D eigenvalue weighted by Gasteiger charge is -2.01. The van der Waals surface area contributed by atoms with Crippen LogP contribution in [0.25, 0.3) is 21.8 Å². The maximum absolute atomic E-state index is 8.64. The zero-order valence-electron chi connectivity index (χ0n) is 12.5. The Hall–Kier alpha value is -3.48. The molecule has 3 aromatic rings. The highest BCUT2D eigenvalue weighted by molar-refractivity contribution is 7.13. The van der Waals surface area contributed by atoms with Crippen LogP contribution in [0.5, 0.6) is 0 Å². The minimum Gasteiger partial charge on any atom is -0.277 e. The molecular weight excluding hydrogens is 318 g/mol. The molecule has 0 amide bonds. The lowest BCUT2D eigenvalue weighted by Crippen LogP contribution is -1.96. The maximum atomic E-state index is 8.64. The van der Waals surface area contributed by atoms with E-state index in [4.69, 9.17) is 10.5 Å². The quantitative estimate of drug-likeness (QED) is 0.571. The summed E-state index contributed by atoms with van der Waals surface area (Å²) in [5.41, 5.74) is 6.15. The van der Waals surface area contributed by atoms with Crippen LogP contribution < -0.4 is 5.43 Å². The van der Waals surface area contributed by atoms with Crippen LogP contribution in [-0.4, -0.2) is 10.7 Å². The number of anilines is 1. The summed E-state index contributed by atoms with van der Waals surface area (Å²) in [6, 6.07) is 20.9. The van der Waals surface area contributed by atoms with Gasteiger partial charge in [-0.15, -0.1) is 11.3 Å². The molecule has 0 aliphatic rings. The highest BCUT2D eigenvalue weighted by atomic mass is 32.1. The van der Waals surface area contributed by atoms with Gasteiger partial charge in [-0.05, 0) is 12.1 Å². The SMILES string of the molecule is N#CC(C#N)=NNc1ccc(-c2csc(-c3ccccc3)n2)cc1. The number of hydrogen-bond acceptors (Lipinski definition) is 6. The molecule has 3 rings (SSSR count). The minimum absolute atomic E-state index is 0.217. The molecule has 114 valence electrons. The van der Waals surface area contributed by atoms with E-state index < -0.39 is 0 Å². The van der Waals surface area contributed by atoms with Crippen molar-refractivity contribution in [1.29, 1.82) is 10.5 Å². The molecule has 0 aliphatic carbocycles. The summed E-state index contributed by atoms with van der Waals surface area (Å²) in [5, 5.41) is 24.0. The minimum atomic E-state index is -0.217. The zero-order valence-corrected chi connectivity index (χ0v) is 13.3. The second-order valence-corrected chi connectivity index (χ2v) is 5.64. The molecule has 1 aromatic heterocycles. The van der Waals surface area contributed by atoms with Crippen molar-refractivity contribution in [3.8, 4) is 34.0 Å². The van der Waals surface area contributed by atoms with Crippen LogP contribution in [0, 0.1) is 22.7 Å². The molecule has 0 saturated heterocycles. The summed E-state index contributed by atoms with van der Waals surface area (Å²) >= 11 is 1.60. The molecule has 0 bridgehead atoms. The number of rotatable bonds is 4. The van der Waals surface area contributed by atoms with Gasteiger partial charge in [0.05, 0.1) is 11.4 Å². The average molecular weight is 329 g/mol. The van der Waals surface area contributed by atoms with Gasteiger partial charge >= 0.3 is 0 Å². The maximum Gasteiger partial charge on any atom is 0.237 e. The Bertz CT molecular complexity index is 928. The number of nitrogens with zero attached hydrogens (tertiary/aromatic N) is 4. The summed E-state index contributed by atoms with van der Waals surface area (Å²) in [4.78, 5) is 4.67. The van der Waals surface area contributed by atoms with Gasteiger partial charge in [-0.25, -0.2) is 4.98 Å². The number of benzene rings is 2. The third kappa shape index (κ3) is 3.46. The Morgan fingerprint density at radius 1 is 0.958 bits per heavy atom. The van der Waals surface area contributed by atoms with Crippen molar-refractivity contribution in [1.82, 2.24) is 4.98 Å². The Morgan fingerprint density at radius 3 is 2.33 bits per heavy atom. The predicted molar refractivity (Wildman–Crippen MR) is 95.3 cm³/mol. The Labute approximate surface area is 143 Å². The van der Waals surface area contributed by atoms with Gasteiger partial charge in [-0.3, -0.25) is 5.43 Å². The van der Waals surface area contributed by atoms with Crippen molar-refractivity contribution in [2.45, 2.75) is 0 Å². The molecule has 0 unspecified atom stereocenters. The Morgan fingerprint density at radius 2 is 1.67 bits per heavy atom. The first-order chi connectivity index (χ1) is 11.8. The second kappa shape index (κ2) is 7.19. The fourth-order valence-corrected chi connectivity index (χ4v) is 2.87. The van der Waals surface area contributed by atoms with Gasteiger partial charge in [0.2, 0.25) is 5.71 Å². The van der Waals surface area contributed by atoms with Gasteiger partial charge in [0.25, 0.3) is 0 Å². The normalized spacial score (nSPS) is 9.58. The smallest absolute Gasteiger partial charge is 0.237 e. The van der Waals surface area contributed by atoms with Crippen molar-refractivity contribution in [2.24, 2.45) is 5.10 Å². The summed E-state index contributed by atoms with van der Waals surface area (Å²) in [6.07, 6.45) is 0. The standard InChI is InChI=1S/C18H11N5S/c19-10-16(11-20)23-22-15-8-6-13(7-9-15)17-12-24-18(21-17)14-4-2-1-3-5-14/h1-9,12,22H. The van der Waals surface area contributed by atoms with E-state index in [1.807, 2.05) is 60.0 Å². The first-order valence-corrected chi connectivity index (χ1v) is 7.93. The molecular formula is C18H11N5S. The number of hydrazone groups is 1. The number of nitrogens with one attached hydrogen (secondary N) is 1. The van der Waals surface area contributed by atoms with E-state index in [1.54, 1.807) is 23.5 Å². The van der Waals surface area contributed by atoms with Gasteiger partial charge in [0.1, 0.15) is 17.1 Å².